The van der Waals surface area contributed by atoms with Gasteiger partial charge in [0, 0.05) is 62.8 Å². The number of nitrogens with zero attached hydrogens (tertiary/aromatic N) is 4. The molecule has 0 bridgehead atoms. The molecule has 1 aliphatic carbocycles. The molecule has 4 heterocycles. The van der Waals surface area contributed by atoms with E-state index in [1.54, 1.807) is 0 Å². The number of hydrogen-bond donors (Lipinski definition) is 0. The highest BCUT2D eigenvalue weighted by Crippen LogP contribution is 2.53. The SMILES string of the molecule is CC.CC.CC.CC.CC(C)C1CC2(COC2)C1.CC(C)N1CCC1.CC(C)N1CCN(C)CC1.CC(C)N1CCOCC1. The summed E-state index contributed by atoms with van der Waals surface area (Å²) >= 11 is 0. The maximum atomic E-state index is 5.21. The second-order valence-corrected chi connectivity index (χ2v) is 13.1. The lowest BCUT2D eigenvalue weighted by Gasteiger charge is -2.54. The third kappa shape index (κ3) is 20.8. The Kier molecular flexibility index (Phi) is 33.0. The van der Waals surface area contributed by atoms with Crippen LogP contribution in [0.3, 0.4) is 0 Å². The van der Waals surface area contributed by atoms with E-state index in [0.717, 1.165) is 63.4 Å². The van der Waals surface area contributed by atoms with Crippen LogP contribution in [0.5, 0.6) is 0 Å². The van der Waals surface area contributed by atoms with Crippen molar-refractivity contribution in [1.82, 2.24) is 19.6 Å². The van der Waals surface area contributed by atoms with E-state index in [9.17, 15) is 0 Å². The van der Waals surface area contributed by atoms with Gasteiger partial charge in [0.15, 0.2) is 0 Å². The lowest BCUT2D eigenvalue weighted by Crippen LogP contribution is -2.53. The van der Waals surface area contributed by atoms with E-state index in [2.05, 4.69) is 82.0 Å². The molecule has 0 atom stereocenters. The number of rotatable bonds is 4. The Labute approximate surface area is 280 Å². The molecule has 0 aromatic rings. The van der Waals surface area contributed by atoms with Crippen LogP contribution >= 0.6 is 0 Å². The van der Waals surface area contributed by atoms with Crippen molar-refractivity contribution >= 4 is 0 Å². The highest BCUT2D eigenvalue weighted by molar-refractivity contribution is 4.98. The van der Waals surface area contributed by atoms with Crippen LogP contribution in [0.1, 0.15) is 130 Å². The molecule has 5 fully saturated rings. The predicted molar refractivity (Wildman–Crippen MR) is 199 cm³/mol. The minimum atomic E-state index is 0.676. The summed E-state index contributed by atoms with van der Waals surface area (Å²) in [6.45, 7) is 47.9. The van der Waals surface area contributed by atoms with Crippen LogP contribution in [-0.4, -0.2) is 124 Å². The molecule has 5 rings (SSSR count). The Balaban J connectivity index is -0.000000475. The van der Waals surface area contributed by atoms with Gasteiger partial charge in [-0.2, -0.15) is 0 Å². The van der Waals surface area contributed by atoms with Crippen molar-refractivity contribution in [2.75, 3.05) is 85.8 Å². The maximum Gasteiger partial charge on any atom is 0.0594 e. The Hall–Kier alpha value is -0.240. The van der Waals surface area contributed by atoms with Crippen molar-refractivity contribution in [3.8, 4) is 0 Å². The van der Waals surface area contributed by atoms with Gasteiger partial charge in [0.05, 0.1) is 26.4 Å². The molecule has 6 heteroatoms. The summed E-state index contributed by atoms with van der Waals surface area (Å²) in [6, 6.07) is 2.20. The zero-order valence-corrected chi connectivity index (χ0v) is 33.6. The van der Waals surface area contributed by atoms with Crippen LogP contribution in [0.15, 0.2) is 0 Å². The second kappa shape index (κ2) is 30.1. The average molecular weight is 631 g/mol. The van der Waals surface area contributed by atoms with Gasteiger partial charge in [-0.3, -0.25) is 9.80 Å². The summed E-state index contributed by atoms with van der Waals surface area (Å²) in [5.74, 6) is 1.90. The van der Waals surface area contributed by atoms with E-state index >= 15 is 0 Å². The Morgan fingerprint density at radius 1 is 0.500 bits per heavy atom. The summed E-state index contributed by atoms with van der Waals surface area (Å²) in [4.78, 5) is 9.82. The molecular formula is C38H86N4O2. The minimum Gasteiger partial charge on any atom is -0.380 e. The van der Waals surface area contributed by atoms with Gasteiger partial charge in [0.1, 0.15) is 0 Å². The molecule has 0 amide bonds. The van der Waals surface area contributed by atoms with Crippen LogP contribution in [0, 0.1) is 17.3 Å². The standard InChI is InChI=1S/C9H16O.C8H18N2.C7H15NO.C6H13N.4C2H6/c1-7(2)8-3-9(4-8)5-10-6-9;1-8(2)10-6-4-9(3)5-7-10;1-7(2)8-3-5-9-6-4-8;1-6(2)7-4-3-5-7;4*1-2/h7-8H,3-6H2,1-2H3;8H,4-7H2,1-3H3;7H,3-6H2,1-2H3;6H,3-5H2,1-2H3;4*1-2H3. The molecule has 4 aliphatic heterocycles. The fourth-order valence-electron chi connectivity index (χ4n) is 5.44. The summed E-state index contributed by atoms with van der Waals surface area (Å²) in [5.41, 5.74) is 0.676. The number of likely N-dealkylation sites (N-methyl/N-ethyl adjacent to an activating group) is 1. The molecule has 5 aliphatic rings. The first-order chi connectivity index (χ1) is 21.0. The Morgan fingerprint density at radius 2 is 0.864 bits per heavy atom. The van der Waals surface area contributed by atoms with Crippen molar-refractivity contribution < 1.29 is 9.47 Å². The summed E-state index contributed by atoms with van der Waals surface area (Å²) < 4.78 is 10.4. The number of ether oxygens (including phenoxy) is 2. The van der Waals surface area contributed by atoms with Gasteiger partial charge in [-0.1, -0.05) is 69.2 Å². The highest BCUT2D eigenvalue weighted by Gasteiger charge is 2.50. The van der Waals surface area contributed by atoms with E-state index in [-0.39, 0.29) is 0 Å². The molecule has 44 heavy (non-hydrogen) atoms. The van der Waals surface area contributed by atoms with Crippen molar-refractivity contribution in [2.45, 2.75) is 148 Å². The van der Waals surface area contributed by atoms with Crippen molar-refractivity contribution in [3.63, 3.8) is 0 Å². The van der Waals surface area contributed by atoms with Gasteiger partial charge >= 0.3 is 0 Å². The quantitative estimate of drug-likeness (QED) is 0.309. The molecule has 0 aromatic carbocycles. The van der Waals surface area contributed by atoms with Gasteiger partial charge in [-0.05, 0) is 92.8 Å². The fourth-order valence-corrected chi connectivity index (χ4v) is 5.44. The molecule has 4 saturated heterocycles. The maximum absolute atomic E-state index is 5.21. The highest BCUT2D eigenvalue weighted by atomic mass is 16.5. The van der Waals surface area contributed by atoms with Gasteiger partial charge in [-0.15, -0.1) is 0 Å². The van der Waals surface area contributed by atoms with E-state index < -0.39 is 0 Å². The number of hydrogen-bond acceptors (Lipinski definition) is 6. The molecule has 270 valence electrons. The topological polar surface area (TPSA) is 31.4 Å². The fraction of sp³-hybridized carbons (Fsp3) is 1.00. The van der Waals surface area contributed by atoms with Crippen LogP contribution < -0.4 is 0 Å². The molecule has 1 saturated carbocycles. The lowest BCUT2D eigenvalue weighted by molar-refractivity contribution is -0.185. The van der Waals surface area contributed by atoms with Crippen LogP contribution in [0.2, 0.25) is 0 Å². The van der Waals surface area contributed by atoms with Gasteiger partial charge in [0.2, 0.25) is 0 Å². The van der Waals surface area contributed by atoms with E-state index in [4.69, 9.17) is 9.47 Å². The van der Waals surface area contributed by atoms with Crippen molar-refractivity contribution in [2.24, 2.45) is 17.3 Å². The van der Waals surface area contributed by atoms with E-state index in [0.29, 0.717) is 11.5 Å². The molecule has 0 aromatic heterocycles. The monoisotopic (exact) mass is 631 g/mol. The van der Waals surface area contributed by atoms with Crippen LogP contribution in [-0.2, 0) is 9.47 Å². The first-order valence-corrected chi connectivity index (χ1v) is 19.1. The van der Waals surface area contributed by atoms with Crippen molar-refractivity contribution in [3.05, 3.63) is 0 Å². The predicted octanol–water partition coefficient (Wildman–Crippen LogP) is 8.64. The summed E-state index contributed by atoms with van der Waals surface area (Å²) in [5, 5.41) is 0. The second-order valence-electron chi connectivity index (χ2n) is 13.1. The minimum absolute atomic E-state index is 0.676. The largest absolute Gasteiger partial charge is 0.380 e. The summed E-state index contributed by atoms with van der Waals surface area (Å²) in [7, 11) is 2.19. The summed E-state index contributed by atoms with van der Waals surface area (Å²) in [6.07, 6.45) is 4.29. The normalized spacial score (nSPS) is 21.2. The average Bonchev–Trinajstić information content (AvgIpc) is 2.96. The third-order valence-corrected chi connectivity index (χ3v) is 8.81. The van der Waals surface area contributed by atoms with E-state index in [1.165, 1.54) is 58.5 Å². The molecule has 1 spiro atoms. The number of morpholine rings is 1. The van der Waals surface area contributed by atoms with Crippen LogP contribution in [0.25, 0.3) is 0 Å². The molecule has 0 radical (unpaired) electrons. The zero-order valence-electron chi connectivity index (χ0n) is 33.6. The number of piperazine rings is 1. The third-order valence-electron chi connectivity index (χ3n) is 8.81. The molecular weight excluding hydrogens is 544 g/mol. The first kappa shape index (κ1) is 48.2. The smallest absolute Gasteiger partial charge is 0.0594 e. The van der Waals surface area contributed by atoms with Crippen molar-refractivity contribution in [1.29, 1.82) is 0 Å². The zero-order chi connectivity index (χ0) is 34.7. The van der Waals surface area contributed by atoms with Gasteiger partial charge in [-0.25, -0.2) is 0 Å². The molecule has 6 nitrogen and oxygen atoms in total. The van der Waals surface area contributed by atoms with Gasteiger partial charge < -0.3 is 19.3 Å². The van der Waals surface area contributed by atoms with Crippen LogP contribution in [0.4, 0.5) is 0 Å². The lowest BCUT2D eigenvalue weighted by atomic mass is 9.58. The molecule has 0 unspecified atom stereocenters. The molecule has 0 N–H and O–H groups in total. The first-order valence-electron chi connectivity index (χ1n) is 19.1. The van der Waals surface area contributed by atoms with Gasteiger partial charge in [0.25, 0.3) is 0 Å². The van der Waals surface area contributed by atoms with E-state index in [1.807, 2.05) is 55.4 Å². The Bertz CT molecular complexity index is 555. The number of likely N-dealkylation sites (tertiary alicyclic amines) is 1. The Morgan fingerprint density at radius 3 is 1.09 bits per heavy atom.